The third kappa shape index (κ3) is 5.50. The van der Waals surface area contributed by atoms with Crippen LogP contribution < -0.4 is 0 Å². The van der Waals surface area contributed by atoms with Crippen LogP contribution in [0, 0.1) is 0 Å². The molecule has 30 heavy (non-hydrogen) atoms. The number of hydrogen-bond donors (Lipinski definition) is 0. The lowest BCUT2D eigenvalue weighted by Crippen LogP contribution is -2.17. The van der Waals surface area contributed by atoms with Crippen LogP contribution in [0.25, 0.3) is 11.1 Å². The Balaban J connectivity index is 0.000000212. The molecule has 1 heterocycles. The molecule has 0 amide bonds. The summed E-state index contributed by atoms with van der Waals surface area (Å²) in [4.78, 5) is 15.6. The minimum absolute atomic E-state index is 0.351. The van der Waals surface area contributed by atoms with Gasteiger partial charge in [-0.05, 0) is 40.2 Å². The Labute approximate surface area is 178 Å². The van der Waals surface area contributed by atoms with Gasteiger partial charge in [-0.25, -0.2) is 9.78 Å². The molecule has 1 aromatic carbocycles. The summed E-state index contributed by atoms with van der Waals surface area (Å²) in [6.45, 7) is 9.59. The molecule has 0 saturated heterocycles. The Morgan fingerprint density at radius 2 is 1.90 bits per heavy atom. The van der Waals surface area contributed by atoms with Crippen LogP contribution in [0.15, 0.2) is 67.3 Å². The molecule has 4 rings (SSSR count). The molecule has 1 unspecified atom stereocenters. The normalized spacial score (nSPS) is 12.4. The van der Waals surface area contributed by atoms with Crippen molar-refractivity contribution in [1.29, 1.82) is 0 Å². The van der Waals surface area contributed by atoms with E-state index in [1.165, 1.54) is 16.7 Å². The summed E-state index contributed by atoms with van der Waals surface area (Å²) in [5.74, 6) is 0. The van der Waals surface area contributed by atoms with Crippen LogP contribution in [0.5, 0.6) is 0 Å². The van der Waals surface area contributed by atoms with E-state index in [0.717, 1.165) is 12.0 Å². The predicted octanol–water partition coefficient (Wildman–Crippen LogP) is 6.15. The first-order chi connectivity index (χ1) is 14.4. The molecule has 5 heteroatoms. The molecule has 0 saturated carbocycles. The van der Waals surface area contributed by atoms with Crippen LogP contribution in [0.3, 0.4) is 0 Å². The molecular formula is C25H30N2O3. The van der Waals surface area contributed by atoms with Gasteiger partial charge in [0.15, 0.2) is 0 Å². The molecule has 5 nitrogen and oxygen atoms in total. The van der Waals surface area contributed by atoms with E-state index in [2.05, 4.69) is 44.0 Å². The Kier molecular flexibility index (Phi) is 6.93. The second-order valence-electron chi connectivity index (χ2n) is 8.39. The minimum atomic E-state index is -0.638. The number of aromatic nitrogens is 2. The summed E-state index contributed by atoms with van der Waals surface area (Å²) in [7, 11) is 0. The lowest BCUT2D eigenvalue weighted by molar-refractivity contribution is 0.0170. The number of nitrogens with zero attached hydrogens (tertiary/aromatic N) is 2. The number of fused-ring (bicyclic) bond motifs is 1. The van der Waals surface area contributed by atoms with Crippen molar-refractivity contribution in [3.05, 3.63) is 78.4 Å². The van der Waals surface area contributed by atoms with E-state index in [4.69, 9.17) is 9.47 Å². The van der Waals surface area contributed by atoms with E-state index < -0.39 is 12.3 Å². The molecule has 2 aliphatic carbocycles. The summed E-state index contributed by atoms with van der Waals surface area (Å²) < 4.78 is 12.2. The summed E-state index contributed by atoms with van der Waals surface area (Å²) in [6.07, 6.45) is 4.95. The summed E-state index contributed by atoms with van der Waals surface area (Å²) >= 11 is 0. The van der Waals surface area contributed by atoms with Crippen molar-refractivity contribution in [1.82, 2.24) is 9.55 Å². The number of ether oxygens (including phenoxy) is 2. The van der Waals surface area contributed by atoms with Crippen LogP contribution in [-0.2, 0) is 21.4 Å². The average Bonchev–Trinajstić information content (AvgIpc) is 3.21. The highest BCUT2D eigenvalue weighted by Crippen LogP contribution is 2.43. The van der Waals surface area contributed by atoms with Crippen LogP contribution in [0.1, 0.15) is 51.3 Å². The van der Waals surface area contributed by atoms with E-state index in [9.17, 15) is 4.79 Å². The SMILES string of the molecule is CC(C)(C)c1cc2ccc1-2.CCCOC(=O)OC(Cn1ccnc1)c1ccccc1. The van der Waals surface area contributed by atoms with Gasteiger partial charge in [0.2, 0.25) is 0 Å². The van der Waals surface area contributed by atoms with Gasteiger partial charge in [-0.3, -0.25) is 0 Å². The topological polar surface area (TPSA) is 53.4 Å². The van der Waals surface area contributed by atoms with Crippen molar-refractivity contribution in [2.75, 3.05) is 6.61 Å². The van der Waals surface area contributed by atoms with Gasteiger partial charge in [0.1, 0.15) is 6.10 Å². The van der Waals surface area contributed by atoms with Gasteiger partial charge >= 0.3 is 6.16 Å². The molecule has 0 radical (unpaired) electrons. The first-order valence-electron chi connectivity index (χ1n) is 10.4. The molecule has 0 spiro atoms. The zero-order valence-corrected chi connectivity index (χ0v) is 18.2. The highest BCUT2D eigenvalue weighted by Gasteiger charge is 2.25. The highest BCUT2D eigenvalue weighted by atomic mass is 16.7. The third-order valence-electron chi connectivity index (χ3n) is 4.91. The van der Waals surface area contributed by atoms with Crippen molar-refractivity contribution < 1.29 is 14.3 Å². The lowest BCUT2D eigenvalue weighted by atomic mass is 9.74. The van der Waals surface area contributed by atoms with E-state index in [1.54, 1.807) is 12.5 Å². The molecule has 0 aliphatic heterocycles. The summed E-state index contributed by atoms with van der Waals surface area (Å²) in [5, 5.41) is 0. The van der Waals surface area contributed by atoms with Gasteiger partial charge in [-0.2, -0.15) is 0 Å². The molecule has 0 fully saturated rings. The van der Waals surface area contributed by atoms with E-state index in [1.807, 2.05) is 48.0 Å². The summed E-state index contributed by atoms with van der Waals surface area (Å²) in [5.41, 5.74) is 5.74. The largest absolute Gasteiger partial charge is 0.508 e. The monoisotopic (exact) mass is 406 g/mol. The summed E-state index contributed by atoms with van der Waals surface area (Å²) in [6, 6.07) is 16.3. The predicted molar refractivity (Wildman–Crippen MR) is 118 cm³/mol. The van der Waals surface area contributed by atoms with Crippen molar-refractivity contribution in [3.8, 4) is 11.1 Å². The van der Waals surface area contributed by atoms with Crippen LogP contribution >= 0.6 is 0 Å². The second-order valence-corrected chi connectivity index (χ2v) is 8.39. The quantitative estimate of drug-likeness (QED) is 0.360. The number of hydrogen-bond acceptors (Lipinski definition) is 4. The number of carbonyl (C=O) groups excluding carboxylic acids is 1. The van der Waals surface area contributed by atoms with E-state index in [0.29, 0.717) is 18.6 Å². The van der Waals surface area contributed by atoms with E-state index >= 15 is 0 Å². The Morgan fingerprint density at radius 1 is 1.13 bits per heavy atom. The first-order valence-corrected chi connectivity index (χ1v) is 10.4. The molecule has 158 valence electrons. The van der Waals surface area contributed by atoms with Crippen LogP contribution in [0.2, 0.25) is 0 Å². The Bertz CT molecular complexity index is 944. The minimum Gasteiger partial charge on any atom is -0.434 e. The van der Waals surface area contributed by atoms with Gasteiger partial charge in [-0.15, -0.1) is 0 Å². The Hall–Kier alpha value is -3.08. The van der Waals surface area contributed by atoms with Gasteiger partial charge in [0.25, 0.3) is 0 Å². The zero-order valence-electron chi connectivity index (χ0n) is 18.2. The molecular weight excluding hydrogens is 376 g/mol. The fraction of sp³-hybridized carbons (Fsp3) is 0.360. The Morgan fingerprint density at radius 3 is 2.37 bits per heavy atom. The fourth-order valence-electron chi connectivity index (χ4n) is 3.21. The van der Waals surface area contributed by atoms with Crippen molar-refractivity contribution >= 4 is 6.16 Å². The average molecular weight is 407 g/mol. The van der Waals surface area contributed by atoms with Gasteiger partial charge < -0.3 is 14.0 Å². The van der Waals surface area contributed by atoms with Crippen LogP contribution in [0.4, 0.5) is 4.79 Å². The van der Waals surface area contributed by atoms with Crippen LogP contribution in [-0.4, -0.2) is 22.3 Å². The number of carbonyl (C=O) groups is 1. The maximum atomic E-state index is 11.6. The standard InChI is InChI=1S/C15H18N2O3.C10H12/c1-2-10-19-15(18)20-14(11-17-9-8-16-12-17)13-6-4-3-5-7-13;1-10(2,3)9-6-7-4-5-8(7)9/h3-9,12,14H,2,10-11H2,1H3;4-6H,1-3H3. The molecule has 1 atom stereocenters. The van der Waals surface area contributed by atoms with Crippen molar-refractivity contribution in [2.24, 2.45) is 0 Å². The van der Waals surface area contributed by atoms with Gasteiger partial charge in [-0.1, -0.05) is 70.2 Å². The molecule has 1 aromatic heterocycles. The molecule has 2 aromatic rings. The molecule has 2 aliphatic rings. The molecule has 0 bridgehead atoms. The zero-order chi connectivity index (χ0) is 21.6. The van der Waals surface area contributed by atoms with Crippen molar-refractivity contribution in [3.63, 3.8) is 0 Å². The number of rotatable bonds is 6. The first kappa shape index (κ1) is 21.6. The number of benzene rings is 2. The highest BCUT2D eigenvalue weighted by molar-refractivity contribution is 5.82. The van der Waals surface area contributed by atoms with Crippen molar-refractivity contribution in [2.45, 2.75) is 52.2 Å². The third-order valence-corrected chi connectivity index (χ3v) is 4.91. The second kappa shape index (κ2) is 9.61. The van der Waals surface area contributed by atoms with Gasteiger partial charge in [0, 0.05) is 12.4 Å². The lowest BCUT2D eigenvalue weighted by Gasteiger charge is -2.30. The number of imidazole rings is 1. The smallest absolute Gasteiger partial charge is 0.434 e. The maximum absolute atomic E-state index is 11.6. The molecule has 0 N–H and O–H groups in total. The van der Waals surface area contributed by atoms with Gasteiger partial charge in [0.05, 0.1) is 19.5 Å². The maximum Gasteiger partial charge on any atom is 0.508 e. The fourth-order valence-corrected chi connectivity index (χ4v) is 3.21. The van der Waals surface area contributed by atoms with E-state index in [-0.39, 0.29) is 0 Å².